The molecule has 0 bridgehead atoms. The number of nitrogens with one attached hydrogen (secondary N) is 1. The molecule has 170 valence electrons. The smallest absolute Gasteiger partial charge is 0.325 e. The molecule has 2 heterocycles. The zero-order valence-electron chi connectivity index (χ0n) is 17.9. The molecular formula is C24H28Cl2N4O2. The molecule has 3 amide bonds. The Morgan fingerprint density at radius 2 is 1.75 bits per heavy atom. The SMILES string of the molecule is Cl.O=C1NC2(CCc3ccccc32)C(=O)N1CCCN1CCN(c2cccc(Cl)c2)CC1. The maximum atomic E-state index is 13.2. The van der Waals surface area contributed by atoms with E-state index in [1.165, 1.54) is 4.90 Å². The molecule has 2 aliphatic heterocycles. The first kappa shape index (κ1) is 22.9. The van der Waals surface area contributed by atoms with Crippen LogP contribution < -0.4 is 10.2 Å². The minimum absolute atomic E-state index is 0. The quantitative estimate of drug-likeness (QED) is 0.671. The van der Waals surface area contributed by atoms with E-state index in [-0.39, 0.29) is 24.3 Å². The fourth-order valence-electron chi connectivity index (χ4n) is 5.15. The normalized spacial score (nSPS) is 22.8. The third kappa shape index (κ3) is 4.07. The highest BCUT2D eigenvalue weighted by Gasteiger charge is 2.54. The molecular weight excluding hydrogens is 447 g/mol. The molecule has 2 aromatic carbocycles. The summed E-state index contributed by atoms with van der Waals surface area (Å²) in [6, 6.07) is 15.7. The number of nitrogens with zero attached hydrogens (tertiary/aromatic N) is 3. The third-order valence-electron chi connectivity index (χ3n) is 6.82. The molecule has 1 spiro atoms. The molecule has 1 aliphatic carbocycles. The summed E-state index contributed by atoms with van der Waals surface area (Å²) in [5.41, 5.74) is 2.44. The van der Waals surface area contributed by atoms with Crippen LogP contribution in [0.5, 0.6) is 0 Å². The van der Waals surface area contributed by atoms with Gasteiger partial charge in [-0.2, -0.15) is 0 Å². The van der Waals surface area contributed by atoms with Crippen molar-refractivity contribution < 1.29 is 9.59 Å². The highest BCUT2D eigenvalue weighted by Crippen LogP contribution is 2.41. The fourth-order valence-corrected chi connectivity index (χ4v) is 5.33. The van der Waals surface area contributed by atoms with E-state index < -0.39 is 5.54 Å². The number of halogens is 2. The summed E-state index contributed by atoms with van der Waals surface area (Å²) in [4.78, 5) is 32.0. The van der Waals surface area contributed by atoms with Crippen molar-refractivity contribution in [3.63, 3.8) is 0 Å². The predicted octanol–water partition coefficient (Wildman–Crippen LogP) is 3.67. The topological polar surface area (TPSA) is 55.9 Å². The van der Waals surface area contributed by atoms with Crippen LogP contribution in [0.3, 0.4) is 0 Å². The van der Waals surface area contributed by atoms with Crippen LogP contribution in [0.1, 0.15) is 24.0 Å². The van der Waals surface area contributed by atoms with E-state index in [9.17, 15) is 9.59 Å². The van der Waals surface area contributed by atoms with E-state index in [1.807, 2.05) is 36.4 Å². The molecule has 5 rings (SSSR count). The molecule has 2 aromatic rings. The van der Waals surface area contributed by atoms with Crippen LogP contribution in [0.15, 0.2) is 48.5 Å². The van der Waals surface area contributed by atoms with Crippen molar-refractivity contribution in [1.29, 1.82) is 0 Å². The lowest BCUT2D eigenvalue weighted by atomic mass is 9.92. The van der Waals surface area contributed by atoms with Crippen LogP contribution in [-0.2, 0) is 16.8 Å². The second-order valence-corrected chi connectivity index (χ2v) is 9.05. The largest absolute Gasteiger partial charge is 0.369 e. The summed E-state index contributed by atoms with van der Waals surface area (Å²) >= 11 is 6.12. The van der Waals surface area contributed by atoms with E-state index >= 15 is 0 Å². The zero-order valence-corrected chi connectivity index (χ0v) is 19.5. The summed E-state index contributed by atoms with van der Waals surface area (Å²) in [6.07, 6.45) is 2.26. The van der Waals surface area contributed by atoms with Crippen molar-refractivity contribution >= 4 is 41.6 Å². The van der Waals surface area contributed by atoms with Crippen LogP contribution in [0, 0.1) is 0 Å². The Morgan fingerprint density at radius 1 is 0.969 bits per heavy atom. The van der Waals surface area contributed by atoms with Gasteiger partial charge in [0.2, 0.25) is 0 Å². The average Bonchev–Trinajstić information content (AvgIpc) is 3.27. The monoisotopic (exact) mass is 474 g/mol. The minimum atomic E-state index is -0.851. The van der Waals surface area contributed by atoms with Gasteiger partial charge in [0.15, 0.2) is 0 Å². The average molecular weight is 475 g/mol. The van der Waals surface area contributed by atoms with Gasteiger partial charge in [0, 0.05) is 43.4 Å². The number of benzene rings is 2. The summed E-state index contributed by atoms with van der Waals surface area (Å²) in [5.74, 6) is -0.0896. The van der Waals surface area contributed by atoms with Crippen molar-refractivity contribution in [1.82, 2.24) is 15.1 Å². The van der Waals surface area contributed by atoms with E-state index in [2.05, 4.69) is 27.2 Å². The second-order valence-electron chi connectivity index (χ2n) is 8.61. The highest BCUT2D eigenvalue weighted by atomic mass is 35.5. The van der Waals surface area contributed by atoms with Crippen molar-refractivity contribution in [2.24, 2.45) is 0 Å². The number of aryl methyl sites for hydroxylation is 1. The first-order valence-corrected chi connectivity index (χ1v) is 11.4. The van der Waals surface area contributed by atoms with Crippen LogP contribution >= 0.6 is 24.0 Å². The van der Waals surface area contributed by atoms with Gasteiger partial charge in [-0.15, -0.1) is 12.4 Å². The number of imide groups is 1. The van der Waals surface area contributed by atoms with Gasteiger partial charge in [-0.1, -0.05) is 41.9 Å². The van der Waals surface area contributed by atoms with Crippen molar-refractivity contribution in [2.45, 2.75) is 24.8 Å². The molecule has 0 radical (unpaired) electrons. The Morgan fingerprint density at radius 3 is 2.53 bits per heavy atom. The Hall–Kier alpha value is -2.28. The first-order chi connectivity index (χ1) is 15.1. The molecule has 0 aromatic heterocycles. The molecule has 2 fully saturated rings. The summed E-state index contributed by atoms with van der Waals surface area (Å²) in [5, 5.41) is 3.77. The molecule has 1 N–H and O–H groups in total. The van der Waals surface area contributed by atoms with Gasteiger partial charge in [-0.25, -0.2) is 4.79 Å². The molecule has 0 saturated carbocycles. The van der Waals surface area contributed by atoms with Gasteiger partial charge in [-0.05, 0) is 55.1 Å². The van der Waals surface area contributed by atoms with E-state index in [0.717, 1.165) is 67.4 Å². The lowest BCUT2D eigenvalue weighted by Gasteiger charge is -2.36. The van der Waals surface area contributed by atoms with Crippen LogP contribution in [0.4, 0.5) is 10.5 Å². The second kappa shape index (κ2) is 9.30. The van der Waals surface area contributed by atoms with E-state index in [0.29, 0.717) is 13.0 Å². The third-order valence-corrected chi connectivity index (χ3v) is 7.06. The van der Waals surface area contributed by atoms with Crippen molar-refractivity contribution in [3.8, 4) is 0 Å². The number of anilines is 1. The number of carbonyl (C=O) groups is 2. The van der Waals surface area contributed by atoms with Gasteiger partial charge in [-0.3, -0.25) is 14.6 Å². The highest BCUT2D eigenvalue weighted by molar-refractivity contribution is 6.30. The molecule has 8 heteroatoms. The fraction of sp³-hybridized carbons (Fsp3) is 0.417. The minimum Gasteiger partial charge on any atom is -0.369 e. The first-order valence-electron chi connectivity index (χ1n) is 11.0. The number of piperazine rings is 1. The molecule has 2 saturated heterocycles. The van der Waals surface area contributed by atoms with Crippen LogP contribution in [0.25, 0.3) is 0 Å². The van der Waals surface area contributed by atoms with Crippen molar-refractivity contribution in [2.75, 3.05) is 44.2 Å². The zero-order chi connectivity index (χ0) is 21.4. The number of hydrogen-bond donors (Lipinski definition) is 1. The molecule has 3 aliphatic rings. The number of urea groups is 1. The maximum absolute atomic E-state index is 13.2. The maximum Gasteiger partial charge on any atom is 0.325 e. The number of hydrogen-bond acceptors (Lipinski definition) is 4. The predicted molar refractivity (Wildman–Crippen MR) is 129 cm³/mol. The number of fused-ring (bicyclic) bond motifs is 2. The standard InChI is InChI=1S/C24H27ClN4O2.ClH/c25-19-6-3-7-20(17-19)28-15-13-27(14-16-28)11-4-12-29-22(30)24(26-23(29)31)10-9-18-5-1-2-8-21(18)24;/h1-3,5-8,17H,4,9-16H2,(H,26,31);1H. The molecule has 6 nitrogen and oxygen atoms in total. The van der Waals surface area contributed by atoms with Gasteiger partial charge >= 0.3 is 6.03 Å². The Labute approximate surface area is 199 Å². The number of carbonyl (C=O) groups excluding carboxylic acids is 2. The Bertz CT molecular complexity index is 1010. The Kier molecular flexibility index (Phi) is 6.65. The van der Waals surface area contributed by atoms with E-state index in [4.69, 9.17) is 11.6 Å². The molecule has 32 heavy (non-hydrogen) atoms. The number of rotatable bonds is 5. The lowest BCUT2D eigenvalue weighted by Crippen LogP contribution is -2.47. The Balaban J connectivity index is 0.00000245. The van der Waals surface area contributed by atoms with E-state index in [1.54, 1.807) is 0 Å². The van der Waals surface area contributed by atoms with Crippen LogP contribution in [-0.4, -0.2) is 61.0 Å². The summed E-state index contributed by atoms with van der Waals surface area (Å²) < 4.78 is 0. The summed E-state index contributed by atoms with van der Waals surface area (Å²) in [7, 11) is 0. The van der Waals surface area contributed by atoms with Crippen LogP contribution in [0.2, 0.25) is 5.02 Å². The van der Waals surface area contributed by atoms with Gasteiger partial charge in [0.25, 0.3) is 5.91 Å². The lowest BCUT2D eigenvalue weighted by molar-refractivity contribution is -0.131. The summed E-state index contributed by atoms with van der Waals surface area (Å²) in [6.45, 7) is 5.16. The number of amides is 3. The molecule has 1 unspecified atom stereocenters. The van der Waals surface area contributed by atoms with Gasteiger partial charge in [0.05, 0.1) is 0 Å². The van der Waals surface area contributed by atoms with Crippen molar-refractivity contribution in [3.05, 3.63) is 64.7 Å². The van der Waals surface area contributed by atoms with Gasteiger partial charge in [0.1, 0.15) is 5.54 Å². The molecule has 1 atom stereocenters. The van der Waals surface area contributed by atoms with Gasteiger partial charge < -0.3 is 10.2 Å².